The average molecular weight is 316 g/mol. The fraction of sp³-hybridized carbons (Fsp3) is 0.524. The van der Waals surface area contributed by atoms with Gasteiger partial charge in [0.05, 0.1) is 0 Å². The number of hydrogen-bond acceptors (Lipinski definition) is 0. The van der Waals surface area contributed by atoms with E-state index in [0.717, 1.165) is 12.8 Å². The molecule has 0 saturated carbocycles. The number of rotatable bonds is 5. The van der Waals surface area contributed by atoms with E-state index in [0.29, 0.717) is 10.3 Å². The van der Waals surface area contributed by atoms with Gasteiger partial charge in [-0.25, -0.2) is 0 Å². The van der Waals surface area contributed by atoms with Gasteiger partial charge >= 0.3 is 0 Å². The zero-order valence-corrected chi connectivity index (χ0v) is 16.4. The van der Waals surface area contributed by atoms with Crippen LogP contribution < -0.4 is 0 Å². The number of benzene rings is 1. The van der Waals surface area contributed by atoms with Crippen molar-refractivity contribution < 1.29 is 0 Å². The highest BCUT2D eigenvalue weighted by atomic mass is 31.1. The highest BCUT2D eigenvalue weighted by Gasteiger charge is 2.36. The van der Waals surface area contributed by atoms with Crippen LogP contribution in [0.4, 0.5) is 0 Å². The lowest BCUT2D eigenvalue weighted by Gasteiger charge is -2.43. The molecule has 1 aromatic carbocycles. The Morgan fingerprint density at radius 2 is 1.50 bits per heavy atom. The van der Waals surface area contributed by atoms with Crippen molar-refractivity contribution in [3.8, 4) is 0 Å². The molecule has 0 spiro atoms. The molecule has 22 heavy (non-hydrogen) atoms. The van der Waals surface area contributed by atoms with Crippen LogP contribution in [0, 0.1) is 0 Å². The molecule has 0 N–H and O–H groups in total. The second kappa shape index (κ2) is 8.11. The summed E-state index contributed by atoms with van der Waals surface area (Å²) in [6, 6.07) is 10.9. The third-order valence-corrected chi connectivity index (χ3v) is 7.18. The molecule has 0 heterocycles. The fourth-order valence-electron chi connectivity index (χ4n) is 3.26. The van der Waals surface area contributed by atoms with Crippen molar-refractivity contribution in [2.75, 3.05) is 0 Å². The minimum absolute atomic E-state index is 0.219. The van der Waals surface area contributed by atoms with Crippen LogP contribution in [0.5, 0.6) is 0 Å². The molecule has 0 aromatic heterocycles. The van der Waals surface area contributed by atoms with Gasteiger partial charge in [0.25, 0.3) is 0 Å². The van der Waals surface area contributed by atoms with E-state index in [1.807, 2.05) is 0 Å². The van der Waals surface area contributed by atoms with Gasteiger partial charge in [0, 0.05) is 0 Å². The Bertz CT molecular complexity index is 481. The zero-order valence-electron chi connectivity index (χ0n) is 15.5. The van der Waals surface area contributed by atoms with Gasteiger partial charge in [-0.15, -0.1) is 0 Å². The van der Waals surface area contributed by atoms with Crippen molar-refractivity contribution in [1.82, 2.24) is 0 Å². The van der Waals surface area contributed by atoms with Crippen molar-refractivity contribution >= 4 is 7.92 Å². The van der Waals surface area contributed by atoms with E-state index in [4.69, 9.17) is 0 Å². The van der Waals surface area contributed by atoms with Crippen molar-refractivity contribution in [2.45, 2.75) is 71.6 Å². The minimum Gasteiger partial charge on any atom is -0.0914 e. The second-order valence-electron chi connectivity index (χ2n) is 7.84. The molecule has 0 atom stereocenters. The van der Waals surface area contributed by atoms with E-state index in [-0.39, 0.29) is 7.92 Å². The number of hydrogen-bond donors (Lipinski definition) is 0. The molecule has 0 aliphatic rings. The Balaban J connectivity index is 3.19. The summed E-state index contributed by atoms with van der Waals surface area (Å²) in [5.74, 6) is 0. The SMILES string of the molecule is C/C=C\C/C=C(\Cc1ccccc1)P(C(C)(C)C)C(C)(C)C. The predicted molar refractivity (Wildman–Crippen MR) is 104 cm³/mol. The molecule has 0 bridgehead atoms. The van der Waals surface area contributed by atoms with Crippen molar-refractivity contribution in [2.24, 2.45) is 0 Å². The lowest BCUT2D eigenvalue weighted by atomic mass is 10.1. The first-order chi connectivity index (χ1) is 10.2. The Morgan fingerprint density at radius 3 is 1.95 bits per heavy atom. The van der Waals surface area contributed by atoms with Gasteiger partial charge in [0.2, 0.25) is 0 Å². The van der Waals surface area contributed by atoms with E-state index in [1.165, 1.54) is 5.56 Å². The van der Waals surface area contributed by atoms with Crippen molar-refractivity contribution in [3.63, 3.8) is 0 Å². The first kappa shape index (κ1) is 19.2. The van der Waals surface area contributed by atoms with Crippen LogP contribution in [0.25, 0.3) is 0 Å². The average Bonchev–Trinajstić information content (AvgIpc) is 2.36. The Labute approximate surface area is 139 Å². The summed E-state index contributed by atoms with van der Waals surface area (Å²) >= 11 is 0. The van der Waals surface area contributed by atoms with E-state index < -0.39 is 0 Å². The van der Waals surface area contributed by atoms with Crippen LogP contribution in [0.2, 0.25) is 0 Å². The molecule has 0 aliphatic carbocycles. The molecule has 1 heteroatoms. The second-order valence-corrected chi connectivity index (χ2v) is 11.8. The van der Waals surface area contributed by atoms with E-state index in [2.05, 4.69) is 97.0 Å². The molecule has 0 amide bonds. The molecule has 1 aromatic rings. The normalized spacial score (nSPS) is 14.1. The van der Waals surface area contributed by atoms with E-state index in [1.54, 1.807) is 5.31 Å². The lowest BCUT2D eigenvalue weighted by Crippen LogP contribution is -2.26. The molecular formula is C21H33P. The first-order valence-electron chi connectivity index (χ1n) is 8.30. The summed E-state index contributed by atoms with van der Waals surface area (Å²) in [6.07, 6.45) is 9.01. The highest BCUT2D eigenvalue weighted by Crippen LogP contribution is 2.65. The Morgan fingerprint density at radius 1 is 0.955 bits per heavy atom. The quantitative estimate of drug-likeness (QED) is 0.399. The molecule has 122 valence electrons. The maximum Gasteiger partial charge on any atom is -0.00240 e. The molecule has 0 aliphatic heterocycles. The molecular weight excluding hydrogens is 283 g/mol. The summed E-state index contributed by atoms with van der Waals surface area (Å²) < 4.78 is 0. The van der Waals surface area contributed by atoms with Gasteiger partial charge in [0.15, 0.2) is 0 Å². The first-order valence-corrected chi connectivity index (χ1v) is 9.65. The van der Waals surface area contributed by atoms with Crippen molar-refractivity contribution in [3.05, 3.63) is 59.4 Å². The monoisotopic (exact) mass is 316 g/mol. The van der Waals surface area contributed by atoms with Crippen molar-refractivity contribution in [1.29, 1.82) is 0 Å². The van der Waals surface area contributed by atoms with Crippen LogP contribution >= 0.6 is 7.92 Å². The molecule has 1 rings (SSSR count). The van der Waals surface area contributed by atoms with Crippen LogP contribution in [0.3, 0.4) is 0 Å². The van der Waals surface area contributed by atoms with Gasteiger partial charge < -0.3 is 0 Å². The maximum atomic E-state index is 2.48. The van der Waals surface area contributed by atoms with E-state index >= 15 is 0 Å². The number of allylic oxidation sites excluding steroid dienone is 4. The fourth-order valence-corrected chi connectivity index (χ4v) is 7.62. The smallest absolute Gasteiger partial charge is 0.00240 e. The topological polar surface area (TPSA) is 0 Å². The van der Waals surface area contributed by atoms with Gasteiger partial charge in [0.1, 0.15) is 0 Å². The molecule has 0 radical (unpaired) electrons. The summed E-state index contributed by atoms with van der Waals surface area (Å²) in [4.78, 5) is 0. The van der Waals surface area contributed by atoms with Gasteiger partial charge in [-0.2, -0.15) is 0 Å². The standard InChI is InChI=1S/C21H33P/c1-8-9-11-16-19(17-18-14-12-10-13-15-18)22(20(2,3)4)21(5,6)7/h8-10,12-16H,11,17H2,1-7H3/b9-8-,19-16+. The van der Waals surface area contributed by atoms with Gasteiger partial charge in [-0.3, -0.25) is 0 Å². The minimum atomic E-state index is -0.219. The molecule has 0 fully saturated rings. The van der Waals surface area contributed by atoms with Crippen LogP contribution in [-0.2, 0) is 6.42 Å². The lowest BCUT2D eigenvalue weighted by molar-refractivity contribution is 0.709. The summed E-state index contributed by atoms with van der Waals surface area (Å²) in [7, 11) is -0.219. The Kier molecular flexibility index (Phi) is 7.07. The summed E-state index contributed by atoms with van der Waals surface area (Å²) in [5, 5.41) is 2.29. The van der Waals surface area contributed by atoms with Gasteiger partial charge in [-0.1, -0.05) is 98.0 Å². The predicted octanol–water partition coefficient (Wildman–Crippen LogP) is 7.16. The third kappa shape index (κ3) is 6.09. The zero-order chi connectivity index (χ0) is 16.8. The summed E-state index contributed by atoms with van der Waals surface area (Å²) in [6.45, 7) is 16.5. The largest absolute Gasteiger partial charge is 0.0914 e. The third-order valence-electron chi connectivity index (χ3n) is 3.58. The highest BCUT2D eigenvalue weighted by molar-refractivity contribution is 7.65. The van der Waals surface area contributed by atoms with Crippen LogP contribution in [-0.4, -0.2) is 10.3 Å². The molecule has 0 saturated heterocycles. The molecule has 0 nitrogen and oxygen atoms in total. The molecule has 0 unspecified atom stereocenters. The van der Waals surface area contributed by atoms with E-state index in [9.17, 15) is 0 Å². The Hall–Kier alpha value is -0.870. The van der Waals surface area contributed by atoms with Crippen LogP contribution in [0.15, 0.2) is 53.9 Å². The van der Waals surface area contributed by atoms with Crippen LogP contribution in [0.1, 0.15) is 60.5 Å². The summed E-state index contributed by atoms with van der Waals surface area (Å²) in [5.41, 5.74) is 1.43. The maximum absolute atomic E-state index is 2.48. The van der Waals surface area contributed by atoms with Gasteiger partial charge in [-0.05, 0) is 41.0 Å².